The molecular formula is C18H25N3O2. The Balaban J connectivity index is 1.46. The lowest BCUT2D eigenvalue weighted by Crippen LogP contribution is -2.48. The van der Waals surface area contributed by atoms with Gasteiger partial charge in [0.05, 0.1) is 6.07 Å². The Kier molecular flexibility index (Phi) is 5.35. The van der Waals surface area contributed by atoms with Crippen molar-refractivity contribution < 1.29 is 9.53 Å². The van der Waals surface area contributed by atoms with Crippen molar-refractivity contribution in [2.75, 3.05) is 26.2 Å². The van der Waals surface area contributed by atoms with Crippen LogP contribution in [0, 0.1) is 11.3 Å². The van der Waals surface area contributed by atoms with Crippen LogP contribution in [-0.2, 0) is 4.74 Å². The van der Waals surface area contributed by atoms with E-state index in [1.807, 2.05) is 4.90 Å². The molecule has 0 radical (unpaired) electrons. The molecule has 2 aliphatic heterocycles. The molecular weight excluding hydrogens is 290 g/mol. The Morgan fingerprint density at radius 2 is 1.83 bits per heavy atom. The van der Waals surface area contributed by atoms with Crippen LogP contribution >= 0.6 is 0 Å². The Labute approximate surface area is 138 Å². The molecule has 3 rings (SSSR count). The quantitative estimate of drug-likeness (QED) is 0.785. The Morgan fingerprint density at radius 3 is 2.43 bits per heavy atom. The monoisotopic (exact) mass is 315 g/mol. The predicted molar refractivity (Wildman–Crippen MR) is 87.5 cm³/mol. The zero-order valence-electron chi connectivity index (χ0n) is 13.7. The van der Waals surface area contributed by atoms with Crippen molar-refractivity contribution in [2.45, 2.75) is 51.0 Å². The average Bonchev–Trinajstić information content (AvgIpc) is 2.63. The summed E-state index contributed by atoms with van der Waals surface area (Å²) < 4.78 is 5.48. The van der Waals surface area contributed by atoms with Crippen molar-refractivity contribution in [3.8, 4) is 6.07 Å². The van der Waals surface area contributed by atoms with E-state index in [2.05, 4.69) is 11.0 Å². The highest BCUT2D eigenvalue weighted by atomic mass is 16.6. The molecule has 3 aliphatic rings. The van der Waals surface area contributed by atoms with E-state index < -0.39 is 0 Å². The van der Waals surface area contributed by atoms with Crippen LogP contribution in [0.5, 0.6) is 0 Å². The van der Waals surface area contributed by atoms with Crippen molar-refractivity contribution in [2.24, 2.45) is 0 Å². The number of hydrogen-bond donors (Lipinski definition) is 0. The maximum atomic E-state index is 12.3. The molecule has 0 saturated carbocycles. The molecule has 1 amide bonds. The molecule has 5 nitrogen and oxygen atoms in total. The SMILES string of the molecule is N#CC1=CC=C(OC(=O)N2CCC(N3CCCCC3)CC2)CC1. The number of ether oxygens (including phenoxy) is 1. The van der Waals surface area contributed by atoms with Gasteiger partial charge in [0, 0.05) is 31.1 Å². The summed E-state index contributed by atoms with van der Waals surface area (Å²) in [5.74, 6) is 0.673. The highest BCUT2D eigenvalue weighted by molar-refractivity contribution is 5.69. The van der Waals surface area contributed by atoms with Gasteiger partial charge < -0.3 is 14.5 Å². The van der Waals surface area contributed by atoms with Gasteiger partial charge in [-0.3, -0.25) is 0 Å². The maximum Gasteiger partial charge on any atom is 0.414 e. The number of nitriles is 1. The van der Waals surface area contributed by atoms with E-state index in [9.17, 15) is 4.79 Å². The van der Waals surface area contributed by atoms with Gasteiger partial charge in [-0.25, -0.2) is 4.79 Å². The Hall–Kier alpha value is -1.80. The summed E-state index contributed by atoms with van der Waals surface area (Å²) in [6, 6.07) is 2.77. The second kappa shape index (κ2) is 7.65. The number of likely N-dealkylation sites (tertiary alicyclic amines) is 2. The molecule has 0 aromatic rings. The van der Waals surface area contributed by atoms with Crippen molar-refractivity contribution in [3.05, 3.63) is 23.5 Å². The van der Waals surface area contributed by atoms with E-state index >= 15 is 0 Å². The van der Waals surface area contributed by atoms with Gasteiger partial charge >= 0.3 is 6.09 Å². The molecule has 0 aromatic heterocycles. The molecule has 5 heteroatoms. The number of nitrogens with zero attached hydrogens (tertiary/aromatic N) is 3. The van der Waals surface area contributed by atoms with Crippen LogP contribution in [0.3, 0.4) is 0 Å². The largest absolute Gasteiger partial charge is 0.415 e. The number of amides is 1. The minimum atomic E-state index is -0.234. The summed E-state index contributed by atoms with van der Waals surface area (Å²) in [6.07, 6.45) is 10.6. The van der Waals surface area contributed by atoms with Gasteiger partial charge in [0.1, 0.15) is 5.76 Å². The van der Waals surface area contributed by atoms with Crippen LogP contribution in [0.4, 0.5) is 4.79 Å². The standard InChI is InChI=1S/C18H25N3O2/c19-14-15-4-6-17(7-5-15)23-18(22)21-12-8-16(9-13-21)20-10-2-1-3-11-20/h4,6,16H,1-3,5,7-13H2. The number of allylic oxidation sites excluding steroid dienone is 4. The summed E-state index contributed by atoms with van der Waals surface area (Å²) in [5, 5.41) is 8.83. The summed E-state index contributed by atoms with van der Waals surface area (Å²) in [5.41, 5.74) is 0.743. The van der Waals surface area contributed by atoms with Crippen LogP contribution in [0.15, 0.2) is 23.5 Å². The zero-order valence-corrected chi connectivity index (χ0v) is 13.7. The van der Waals surface area contributed by atoms with Crippen molar-refractivity contribution in [3.63, 3.8) is 0 Å². The van der Waals surface area contributed by atoms with Gasteiger partial charge in [-0.05, 0) is 57.3 Å². The summed E-state index contributed by atoms with van der Waals surface area (Å²) in [4.78, 5) is 16.7. The zero-order chi connectivity index (χ0) is 16.1. The number of piperidine rings is 2. The highest BCUT2D eigenvalue weighted by Crippen LogP contribution is 2.23. The minimum Gasteiger partial charge on any atom is -0.415 e. The van der Waals surface area contributed by atoms with Gasteiger partial charge in [-0.1, -0.05) is 6.42 Å². The molecule has 0 bridgehead atoms. The fourth-order valence-electron chi connectivity index (χ4n) is 3.67. The number of rotatable bonds is 2. The molecule has 23 heavy (non-hydrogen) atoms. The fraction of sp³-hybridized carbons (Fsp3) is 0.667. The molecule has 2 fully saturated rings. The topological polar surface area (TPSA) is 56.6 Å². The van der Waals surface area contributed by atoms with Gasteiger partial charge in [0.25, 0.3) is 0 Å². The van der Waals surface area contributed by atoms with Gasteiger partial charge in [-0.15, -0.1) is 0 Å². The summed E-state index contributed by atoms with van der Waals surface area (Å²) in [6.45, 7) is 4.00. The molecule has 1 aliphatic carbocycles. The van der Waals surface area contributed by atoms with Crippen LogP contribution in [-0.4, -0.2) is 48.1 Å². The van der Waals surface area contributed by atoms with E-state index in [1.54, 1.807) is 12.2 Å². The summed E-state index contributed by atoms with van der Waals surface area (Å²) >= 11 is 0. The Morgan fingerprint density at radius 1 is 1.09 bits per heavy atom. The molecule has 124 valence electrons. The van der Waals surface area contributed by atoms with Gasteiger partial charge in [0.15, 0.2) is 0 Å². The van der Waals surface area contributed by atoms with Crippen LogP contribution in [0.25, 0.3) is 0 Å². The fourth-order valence-corrected chi connectivity index (χ4v) is 3.67. The first-order valence-corrected chi connectivity index (χ1v) is 8.77. The number of carbonyl (C=O) groups is 1. The maximum absolute atomic E-state index is 12.3. The van der Waals surface area contributed by atoms with E-state index in [4.69, 9.17) is 10.00 Å². The molecule has 0 spiro atoms. The first-order valence-electron chi connectivity index (χ1n) is 8.77. The summed E-state index contributed by atoms with van der Waals surface area (Å²) in [7, 11) is 0. The Bertz CT molecular complexity index is 533. The second-order valence-electron chi connectivity index (χ2n) is 6.62. The minimum absolute atomic E-state index is 0.234. The van der Waals surface area contributed by atoms with Crippen LogP contribution in [0.2, 0.25) is 0 Å². The van der Waals surface area contributed by atoms with Crippen LogP contribution in [0.1, 0.15) is 44.9 Å². The lowest BCUT2D eigenvalue weighted by molar-refractivity contribution is 0.0774. The number of carbonyl (C=O) groups excluding carboxylic acids is 1. The lowest BCUT2D eigenvalue weighted by Gasteiger charge is -2.39. The average molecular weight is 315 g/mol. The second-order valence-corrected chi connectivity index (χ2v) is 6.62. The smallest absolute Gasteiger partial charge is 0.414 e. The van der Waals surface area contributed by atoms with Crippen LogP contribution < -0.4 is 0 Å². The van der Waals surface area contributed by atoms with Crippen molar-refractivity contribution in [1.82, 2.24) is 9.80 Å². The van der Waals surface area contributed by atoms with Crippen molar-refractivity contribution >= 4 is 6.09 Å². The van der Waals surface area contributed by atoms with E-state index in [1.165, 1.54) is 32.4 Å². The number of hydrogen-bond acceptors (Lipinski definition) is 4. The third-order valence-electron chi connectivity index (χ3n) is 5.10. The van der Waals surface area contributed by atoms with E-state index in [0.29, 0.717) is 24.6 Å². The molecule has 2 saturated heterocycles. The normalized spacial score (nSPS) is 23.7. The lowest BCUT2D eigenvalue weighted by atomic mass is 10.0. The molecule has 0 unspecified atom stereocenters. The molecule has 0 aromatic carbocycles. The van der Waals surface area contributed by atoms with Gasteiger partial charge in [0.2, 0.25) is 0 Å². The van der Waals surface area contributed by atoms with Gasteiger partial charge in [-0.2, -0.15) is 5.26 Å². The molecule has 0 N–H and O–H groups in total. The molecule has 0 atom stereocenters. The first-order chi connectivity index (χ1) is 11.3. The van der Waals surface area contributed by atoms with E-state index in [0.717, 1.165) is 31.5 Å². The predicted octanol–water partition coefficient (Wildman–Crippen LogP) is 3.20. The van der Waals surface area contributed by atoms with Crippen molar-refractivity contribution in [1.29, 1.82) is 5.26 Å². The van der Waals surface area contributed by atoms with E-state index in [-0.39, 0.29) is 6.09 Å². The highest BCUT2D eigenvalue weighted by Gasteiger charge is 2.28. The third kappa shape index (κ3) is 4.14. The molecule has 2 heterocycles. The first kappa shape index (κ1) is 16.1. The third-order valence-corrected chi connectivity index (χ3v) is 5.10.